The van der Waals surface area contributed by atoms with Gasteiger partial charge in [-0.25, -0.2) is 9.79 Å². The zero-order valence-corrected chi connectivity index (χ0v) is 24.9. The first-order valence-electron chi connectivity index (χ1n) is 13.5. The number of likely N-dealkylation sites (N-methyl/N-ethyl adjacent to an activating group) is 1. The third-order valence-corrected chi connectivity index (χ3v) is 8.19. The van der Waals surface area contributed by atoms with Gasteiger partial charge in [-0.1, -0.05) is 41.7 Å². The van der Waals surface area contributed by atoms with Crippen LogP contribution < -0.4 is 19.6 Å². The van der Waals surface area contributed by atoms with Crippen LogP contribution in [0.1, 0.15) is 48.5 Å². The van der Waals surface area contributed by atoms with E-state index in [2.05, 4.69) is 0 Å². The minimum Gasteiger partial charge on any atom is -0.496 e. The Labute approximate surface area is 246 Å². The number of nitrogens with zero attached hydrogens (tertiary/aromatic N) is 3. The van der Waals surface area contributed by atoms with Crippen LogP contribution in [0.3, 0.4) is 0 Å². The van der Waals surface area contributed by atoms with E-state index in [9.17, 15) is 14.4 Å². The van der Waals surface area contributed by atoms with Crippen LogP contribution in [0.25, 0.3) is 17.4 Å². The fourth-order valence-corrected chi connectivity index (χ4v) is 6.12. The second kappa shape index (κ2) is 12.0. The SMILES string of the molecule is CCN(CC)C(=O)C1=C(C)N=c2s/c(=C/c3ccc(-c4cccc(C(=O)OC)c4)o3)c(=O)n2[C@@H]1c1ccccc1OC. The van der Waals surface area contributed by atoms with Crippen LogP contribution in [0.5, 0.6) is 5.75 Å². The second-order valence-corrected chi connectivity index (χ2v) is 10.6. The largest absolute Gasteiger partial charge is 0.496 e. The molecule has 2 aromatic carbocycles. The fraction of sp³-hybridized carbons (Fsp3) is 0.250. The monoisotopic (exact) mass is 585 g/mol. The molecule has 0 aliphatic carbocycles. The van der Waals surface area contributed by atoms with Crippen molar-refractivity contribution in [2.45, 2.75) is 26.8 Å². The number of carbonyl (C=O) groups excluding carboxylic acids is 2. The number of fused-ring (bicyclic) bond motifs is 1. The molecule has 1 amide bonds. The van der Waals surface area contributed by atoms with E-state index in [1.165, 1.54) is 18.4 Å². The number of hydrogen-bond donors (Lipinski definition) is 0. The summed E-state index contributed by atoms with van der Waals surface area (Å²) in [4.78, 5) is 46.7. The third kappa shape index (κ3) is 5.21. The average molecular weight is 586 g/mol. The van der Waals surface area contributed by atoms with Crippen LogP contribution >= 0.6 is 11.3 Å². The highest BCUT2D eigenvalue weighted by Crippen LogP contribution is 2.36. The number of hydrogen-bond acceptors (Lipinski definition) is 8. The highest BCUT2D eigenvalue weighted by Gasteiger charge is 2.35. The second-order valence-electron chi connectivity index (χ2n) is 9.58. The van der Waals surface area contributed by atoms with Crippen LogP contribution in [-0.2, 0) is 9.53 Å². The first-order valence-corrected chi connectivity index (χ1v) is 14.4. The normalized spacial score (nSPS) is 14.8. The Hall–Kier alpha value is -4.70. The molecule has 2 aromatic heterocycles. The lowest BCUT2D eigenvalue weighted by Crippen LogP contribution is -2.43. The molecule has 0 radical (unpaired) electrons. The molecule has 0 bridgehead atoms. The molecule has 1 atom stereocenters. The van der Waals surface area contributed by atoms with Gasteiger partial charge in [-0.15, -0.1) is 0 Å². The molecule has 3 heterocycles. The molecule has 1 aliphatic heterocycles. The van der Waals surface area contributed by atoms with E-state index in [1.807, 2.05) is 44.2 Å². The number of amides is 1. The number of para-hydroxylation sites is 1. The predicted octanol–water partition coefficient (Wildman–Crippen LogP) is 4.16. The van der Waals surface area contributed by atoms with Gasteiger partial charge in [0, 0.05) is 30.3 Å². The van der Waals surface area contributed by atoms with Crippen molar-refractivity contribution in [2.24, 2.45) is 4.99 Å². The molecule has 0 saturated carbocycles. The first-order chi connectivity index (χ1) is 20.3. The Morgan fingerprint density at radius 3 is 2.55 bits per heavy atom. The Morgan fingerprint density at radius 1 is 1.07 bits per heavy atom. The van der Waals surface area contributed by atoms with Crippen molar-refractivity contribution in [3.63, 3.8) is 0 Å². The van der Waals surface area contributed by atoms with Crippen LogP contribution in [0.15, 0.2) is 86.1 Å². The number of aromatic nitrogens is 1. The van der Waals surface area contributed by atoms with Gasteiger partial charge in [0.25, 0.3) is 11.5 Å². The van der Waals surface area contributed by atoms with Crippen molar-refractivity contribution in [2.75, 3.05) is 27.3 Å². The standard InChI is InChI=1S/C32H31N3O6S/c1-6-34(7-2)30(37)27-19(3)33-32-35(28(27)23-13-8-9-14-25(23)39-4)29(36)26(42-32)18-22-15-16-24(41-22)20-11-10-12-21(17-20)31(38)40-5/h8-18,28H,6-7H2,1-5H3/b26-18+/t28-/m1/s1. The van der Waals surface area contributed by atoms with Crippen LogP contribution in [0, 0.1) is 0 Å². The number of allylic oxidation sites excluding steroid dienone is 1. The molecule has 5 rings (SSSR count). The number of ether oxygens (including phenoxy) is 2. The van der Waals surface area contributed by atoms with Gasteiger partial charge in [0.2, 0.25) is 0 Å². The zero-order chi connectivity index (χ0) is 30.0. The van der Waals surface area contributed by atoms with Crippen molar-refractivity contribution >= 4 is 29.3 Å². The lowest BCUT2D eigenvalue weighted by atomic mass is 9.94. The average Bonchev–Trinajstić information content (AvgIpc) is 3.60. The molecule has 0 unspecified atom stereocenters. The lowest BCUT2D eigenvalue weighted by Gasteiger charge is -2.29. The molecule has 0 N–H and O–H groups in total. The molecule has 0 saturated heterocycles. The third-order valence-electron chi connectivity index (χ3n) is 7.20. The van der Waals surface area contributed by atoms with Crippen molar-refractivity contribution in [3.05, 3.63) is 109 Å². The van der Waals surface area contributed by atoms with E-state index in [1.54, 1.807) is 59.9 Å². The Morgan fingerprint density at radius 2 is 1.83 bits per heavy atom. The van der Waals surface area contributed by atoms with Crippen molar-refractivity contribution in [3.8, 4) is 17.1 Å². The van der Waals surface area contributed by atoms with Gasteiger partial charge in [-0.2, -0.15) is 0 Å². The smallest absolute Gasteiger partial charge is 0.337 e. The van der Waals surface area contributed by atoms with Crippen LogP contribution in [0.2, 0.25) is 0 Å². The van der Waals surface area contributed by atoms with Gasteiger partial charge in [0.1, 0.15) is 23.3 Å². The summed E-state index contributed by atoms with van der Waals surface area (Å²) in [6, 6.07) is 17.2. The maximum Gasteiger partial charge on any atom is 0.337 e. The molecule has 42 heavy (non-hydrogen) atoms. The summed E-state index contributed by atoms with van der Waals surface area (Å²) in [7, 11) is 2.90. The summed E-state index contributed by atoms with van der Waals surface area (Å²) in [6.07, 6.45) is 1.67. The Bertz CT molecular complexity index is 1880. The highest BCUT2D eigenvalue weighted by molar-refractivity contribution is 7.07. The summed E-state index contributed by atoms with van der Waals surface area (Å²) >= 11 is 1.23. The molecule has 1 aliphatic rings. The molecule has 9 nitrogen and oxygen atoms in total. The molecule has 0 spiro atoms. The summed E-state index contributed by atoms with van der Waals surface area (Å²) in [5.74, 6) is 0.957. The lowest BCUT2D eigenvalue weighted by molar-refractivity contribution is -0.127. The fourth-order valence-electron chi connectivity index (χ4n) is 5.09. The minimum atomic E-state index is -0.721. The molecule has 4 aromatic rings. The number of thiazole rings is 1. The van der Waals surface area contributed by atoms with E-state index in [0.717, 1.165) is 0 Å². The summed E-state index contributed by atoms with van der Waals surface area (Å²) < 4.78 is 18.5. The Balaban J connectivity index is 1.64. The van der Waals surface area contributed by atoms with Crippen LogP contribution in [-0.4, -0.2) is 48.7 Å². The maximum absolute atomic E-state index is 14.0. The van der Waals surface area contributed by atoms with Gasteiger partial charge in [-0.05, 0) is 51.1 Å². The molecule has 0 fully saturated rings. The Kier molecular flexibility index (Phi) is 8.26. The van der Waals surface area contributed by atoms with Gasteiger partial charge in [-0.3, -0.25) is 14.2 Å². The van der Waals surface area contributed by atoms with E-state index in [4.69, 9.17) is 18.9 Å². The van der Waals surface area contributed by atoms with Crippen molar-refractivity contribution in [1.82, 2.24) is 9.47 Å². The topological polar surface area (TPSA) is 103 Å². The first kappa shape index (κ1) is 28.8. The number of methoxy groups -OCH3 is 2. The van der Waals surface area contributed by atoms with E-state index < -0.39 is 12.0 Å². The summed E-state index contributed by atoms with van der Waals surface area (Å²) in [6.45, 7) is 6.70. The minimum absolute atomic E-state index is 0.170. The number of esters is 1. The summed E-state index contributed by atoms with van der Waals surface area (Å²) in [5.41, 5.74) is 2.50. The van der Waals surface area contributed by atoms with Gasteiger partial charge in [0.15, 0.2) is 4.80 Å². The molecular formula is C32H31N3O6S. The van der Waals surface area contributed by atoms with Crippen molar-refractivity contribution < 1.29 is 23.5 Å². The highest BCUT2D eigenvalue weighted by atomic mass is 32.1. The quantitative estimate of drug-likeness (QED) is 0.288. The number of furan rings is 1. The van der Waals surface area contributed by atoms with Gasteiger partial charge < -0.3 is 18.8 Å². The molecule has 10 heteroatoms. The molecular weight excluding hydrogens is 554 g/mol. The zero-order valence-electron chi connectivity index (χ0n) is 24.0. The number of carbonyl (C=O) groups is 2. The number of benzene rings is 2. The van der Waals surface area contributed by atoms with Gasteiger partial charge >= 0.3 is 5.97 Å². The predicted molar refractivity (Wildman–Crippen MR) is 160 cm³/mol. The molecule has 216 valence electrons. The van der Waals surface area contributed by atoms with E-state index >= 15 is 0 Å². The van der Waals surface area contributed by atoms with Crippen molar-refractivity contribution in [1.29, 1.82) is 0 Å². The summed E-state index contributed by atoms with van der Waals surface area (Å²) in [5, 5.41) is 0. The number of rotatable bonds is 8. The van der Waals surface area contributed by atoms with Crippen LogP contribution in [0.4, 0.5) is 0 Å². The van der Waals surface area contributed by atoms with E-state index in [0.29, 0.717) is 67.7 Å². The van der Waals surface area contributed by atoms with E-state index in [-0.39, 0.29) is 11.5 Å². The maximum atomic E-state index is 14.0. The van der Waals surface area contributed by atoms with Gasteiger partial charge in [0.05, 0.1) is 35.6 Å².